The topological polar surface area (TPSA) is 29.1 Å². The third kappa shape index (κ3) is 3.45. The first kappa shape index (κ1) is 18.8. The number of para-hydroxylation sites is 1. The number of benzene rings is 1. The fourth-order valence-electron chi connectivity index (χ4n) is 3.18. The van der Waals surface area contributed by atoms with Gasteiger partial charge in [0, 0.05) is 36.7 Å². The Hall–Kier alpha value is -2.57. The molecule has 6 heteroatoms. The zero-order chi connectivity index (χ0) is 19.7. The van der Waals surface area contributed by atoms with Crippen molar-refractivity contribution in [2.24, 2.45) is 7.05 Å². The molecular weight excluding hydrogens is 386 g/mol. The summed E-state index contributed by atoms with van der Waals surface area (Å²) in [7, 11) is 4.07. The molecule has 2 aromatic heterocycles. The maximum absolute atomic E-state index is 12.9. The Morgan fingerprint density at radius 1 is 1.11 bits per heavy atom. The second kappa shape index (κ2) is 7.81. The van der Waals surface area contributed by atoms with Crippen LogP contribution in [0.5, 0.6) is 0 Å². The molecule has 0 fully saturated rings. The lowest BCUT2D eigenvalue weighted by Gasteiger charge is -2.12. The van der Waals surface area contributed by atoms with E-state index in [0.717, 1.165) is 19.9 Å². The van der Waals surface area contributed by atoms with Crippen LogP contribution < -0.4 is 24.2 Å². The largest absolute Gasteiger partial charge is 0.338 e. The summed E-state index contributed by atoms with van der Waals surface area (Å²) in [5.41, 5.74) is 2.34. The summed E-state index contributed by atoms with van der Waals surface area (Å²) in [4.78, 5) is 16.3. The monoisotopic (exact) mass is 408 g/mol. The Morgan fingerprint density at radius 3 is 2.64 bits per heavy atom. The quantitative estimate of drug-likeness (QED) is 0.624. The summed E-state index contributed by atoms with van der Waals surface area (Å²) in [5, 5.41) is 1.12. The number of aromatic nitrogens is 2. The van der Waals surface area contributed by atoms with Crippen molar-refractivity contribution in [3.8, 4) is 0 Å². The maximum atomic E-state index is 12.9. The molecule has 0 spiro atoms. The molecule has 0 saturated heterocycles. The van der Waals surface area contributed by atoms with Crippen LogP contribution in [0.1, 0.15) is 12.6 Å². The minimum absolute atomic E-state index is 0.0670. The van der Waals surface area contributed by atoms with Crippen LogP contribution in [0.3, 0.4) is 0 Å². The molecule has 3 aromatic rings. The van der Waals surface area contributed by atoms with Gasteiger partial charge in [0.1, 0.15) is 11.7 Å². The SMILES string of the molecule is CCn1c(=Cc2cccc[n+]2C)sc(=CC=C2Sc3ccccc3N2C)c1=O. The first-order valence-electron chi connectivity index (χ1n) is 9.17. The first-order valence-corrected chi connectivity index (χ1v) is 10.8. The number of hydrogen-bond acceptors (Lipinski definition) is 4. The number of pyridine rings is 1. The van der Waals surface area contributed by atoms with E-state index >= 15 is 0 Å². The number of thiazole rings is 1. The molecular formula is C22H22N3OS2+. The number of fused-ring (bicyclic) bond motifs is 1. The van der Waals surface area contributed by atoms with E-state index in [1.54, 1.807) is 11.8 Å². The molecule has 4 nitrogen and oxygen atoms in total. The van der Waals surface area contributed by atoms with Crippen LogP contribution >= 0.6 is 23.1 Å². The first-order chi connectivity index (χ1) is 13.6. The summed E-state index contributed by atoms with van der Waals surface area (Å²) in [5.74, 6) is 0. The Bertz CT molecular complexity index is 1240. The van der Waals surface area contributed by atoms with Crippen molar-refractivity contribution in [3.05, 3.63) is 85.0 Å². The van der Waals surface area contributed by atoms with Crippen molar-refractivity contribution in [2.75, 3.05) is 11.9 Å². The number of hydrogen-bond donors (Lipinski definition) is 0. The van der Waals surface area contributed by atoms with Crippen molar-refractivity contribution in [3.63, 3.8) is 0 Å². The normalized spacial score (nSPS) is 16.2. The lowest BCUT2D eigenvalue weighted by atomic mass is 10.3. The van der Waals surface area contributed by atoms with Crippen LogP contribution in [-0.4, -0.2) is 11.6 Å². The van der Waals surface area contributed by atoms with Crippen LogP contribution in [-0.2, 0) is 13.6 Å². The molecule has 0 amide bonds. The second-order valence-electron chi connectivity index (χ2n) is 6.54. The molecule has 1 aliphatic rings. The van der Waals surface area contributed by atoms with E-state index in [9.17, 15) is 4.79 Å². The average molecular weight is 409 g/mol. The number of rotatable bonds is 3. The Balaban J connectivity index is 1.77. The van der Waals surface area contributed by atoms with Gasteiger partial charge in [0.25, 0.3) is 5.56 Å². The molecule has 0 bridgehead atoms. The van der Waals surface area contributed by atoms with E-state index < -0.39 is 0 Å². The van der Waals surface area contributed by atoms with Crippen LogP contribution in [0.25, 0.3) is 12.2 Å². The van der Waals surface area contributed by atoms with Crippen molar-refractivity contribution in [2.45, 2.75) is 18.4 Å². The van der Waals surface area contributed by atoms with Crippen molar-refractivity contribution in [1.82, 2.24) is 4.57 Å². The third-order valence-corrected chi connectivity index (χ3v) is 7.03. The fourth-order valence-corrected chi connectivity index (χ4v) is 5.30. The van der Waals surface area contributed by atoms with Crippen molar-refractivity contribution >= 4 is 40.9 Å². The summed E-state index contributed by atoms with van der Waals surface area (Å²) in [6.45, 7) is 2.66. The molecule has 3 heterocycles. The standard InChI is InChI=1S/C22H22N3OS2/c1-4-25-21(15-16-9-7-8-14-23(16)2)28-19(22(25)26)12-13-20-24(3)17-10-5-6-11-18(17)27-20/h5-15H,4H2,1-3H3/q+1. The van der Waals surface area contributed by atoms with Crippen LogP contribution in [0.4, 0.5) is 5.69 Å². The molecule has 1 aromatic carbocycles. The van der Waals surface area contributed by atoms with Gasteiger partial charge in [-0.05, 0) is 37.3 Å². The second-order valence-corrected chi connectivity index (χ2v) is 8.66. The molecule has 0 atom stereocenters. The van der Waals surface area contributed by atoms with Gasteiger partial charge >= 0.3 is 0 Å². The molecule has 0 unspecified atom stereocenters. The highest BCUT2D eigenvalue weighted by Gasteiger charge is 2.20. The molecule has 28 heavy (non-hydrogen) atoms. The Morgan fingerprint density at radius 2 is 1.89 bits per heavy atom. The highest BCUT2D eigenvalue weighted by Crippen LogP contribution is 2.44. The molecule has 0 aliphatic carbocycles. The third-order valence-electron chi connectivity index (χ3n) is 4.77. The fraction of sp³-hybridized carbons (Fsp3) is 0.182. The lowest BCUT2D eigenvalue weighted by molar-refractivity contribution is -0.673. The van der Waals surface area contributed by atoms with E-state index in [-0.39, 0.29) is 5.56 Å². The predicted octanol–water partition coefficient (Wildman–Crippen LogP) is 2.45. The van der Waals surface area contributed by atoms with Gasteiger partial charge in [-0.1, -0.05) is 23.9 Å². The number of thioether (sulfide) groups is 1. The van der Waals surface area contributed by atoms with Gasteiger partial charge in [0.15, 0.2) is 6.20 Å². The molecule has 1 aliphatic heterocycles. The van der Waals surface area contributed by atoms with Gasteiger partial charge < -0.3 is 4.90 Å². The van der Waals surface area contributed by atoms with Crippen LogP contribution in [0, 0.1) is 0 Å². The number of allylic oxidation sites excluding steroid dienone is 1. The minimum Gasteiger partial charge on any atom is -0.338 e. The van der Waals surface area contributed by atoms with E-state index in [1.165, 1.54) is 21.9 Å². The highest BCUT2D eigenvalue weighted by molar-refractivity contribution is 8.03. The highest BCUT2D eigenvalue weighted by atomic mass is 32.2. The summed E-state index contributed by atoms with van der Waals surface area (Å²) < 4.78 is 5.61. The Labute approximate surface area is 172 Å². The van der Waals surface area contributed by atoms with Gasteiger partial charge in [-0.2, -0.15) is 0 Å². The minimum atomic E-state index is 0.0670. The number of aryl methyl sites for hydroxylation is 1. The van der Waals surface area contributed by atoms with Gasteiger partial charge in [0.2, 0.25) is 5.69 Å². The average Bonchev–Trinajstić information content (AvgIpc) is 3.18. The van der Waals surface area contributed by atoms with E-state index in [2.05, 4.69) is 46.9 Å². The summed E-state index contributed by atoms with van der Waals surface area (Å²) in [6, 6.07) is 14.4. The van der Waals surface area contributed by atoms with E-state index in [4.69, 9.17) is 0 Å². The number of nitrogens with zero attached hydrogens (tertiary/aromatic N) is 3. The molecule has 0 N–H and O–H groups in total. The van der Waals surface area contributed by atoms with E-state index in [0.29, 0.717) is 6.54 Å². The summed E-state index contributed by atoms with van der Waals surface area (Å²) >= 11 is 3.27. The zero-order valence-electron chi connectivity index (χ0n) is 16.1. The lowest BCUT2D eigenvalue weighted by Crippen LogP contribution is -2.33. The maximum Gasteiger partial charge on any atom is 0.269 e. The molecule has 0 saturated carbocycles. The van der Waals surface area contributed by atoms with Gasteiger partial charge in [-0.3, -0.25) is 9.36 Å². The predicted molar refractivity (Wildman–Crippen MR) is 118 cm³/mol. The number of anilines is 1. The molecule has 142 valence electrons. The van der Waals surface area contributed by atoms with Crippen LogP contribution in [0.2, 0.25) is 0 Å². The van der Waals surface area contributed by atoms with Gasteiger partial charge in [-0.25, -0.2) is 4.57 Å². The zero-order valence-corrected chi connectivity index (χ0v) is 17.8. The molecule has 4 rings (SSSR count). The van der Waals surface area contributed by atoms with E-state index in [1.807, 2.05) is 55.1 Å². The van der Waals surface area contributed by atoms with Gasteiger partial charge in [-0.15, -0.1) is 11.3 Å². The Kier molecular flexibility index (Phi) is 5.24. The smallest absolute Gasteiger partial charge is 0.269 e. The summed E-state index contributed by atoms with van der Waals surface area (Å²) in [6.07, 6.45) is 8.08. The molecule has 0 radical (unpaired) electrons. The van der Waals surface area contributed by atoms with Crippen molar-refractivity contribution in [1.29, 1.82) is 0 Å². The van der Waals surface area contributed by atoms with Gasteiger partial charge in [0.05, 0.1) is 15.2 Å². The van der Waals surface area contributed by atoms with Crippen LogP contribution in [0.15, 0.2) is 69.5 Å². The van der Waals surface area contributed by atoms with Crippen molar-refractivity contribution < 1.29 is 4.57 Å².